The number of hydrogen-bond donors (Lipinski definition) is 2. The molecule has 0 spiro atoms. The van der Waals surface area contributed by atoms with E-state index in [1.165, 1.54) is 0 Å². The quantitative estimate of drug-likeness (QED) is 0.781. The smallest absolute Gasteiger partial charge is 0.315 e. The Balaban J connectivity index is 1.82. The van der Waals surface area contributed by atoms with E-state index < -0.39 is 0 Å². The van der Waals surface area contributed by atoms with Crippen molar-refractivity contribution in [3.63, 3.8) is 0 Å². The van der Waals surface area contributed by atoms with Crippen molar-refractivity contribution in [2.75, 3.05) is 44.7 Å². The number of nitrogens with zero attached hydrogens (tertiary/aromatic N) is 3. The van der Waals surface area contributed by atoms with Crippen LogP contribution in [0.25, 0.3) is 0 Å². The first-order valence-corrected chi connectivity index (χ1v) is 8.09. The molecule has 2 heterocycles. The molecule has 2 amide bonds. The molecule has 6 nitrogen and oxygen atoms in total. The molecule has 1 aliphatic heterocycles. The highest BCUT2D eigenvalue weighted by Crippen LogP contribution is 2.14. The number of carbonyl (C=O) groups excluding carboxylic acids is 1. The van der Waals surface area contributed by atoms with Crippen LogP contribution in [0.2, 0.25) is 0 Å². The molecular weight excluding hydrogens is 278 g/mol. The van der Waals surface area contributed by atoms with Crippen molar-refractivity contribution in [3.05, 3.63) is 23.9 Å². The molecule has 0 aromatic carbocycles. The van der Waals surface area contributed by atoms with Crippen molar-refractivity contribution in [3.8, 4) is 0 Å². The Bertz CT molecular complexity index is 471. The van der Waals surface area contributed by atoms with E-state index in [4.69, 9.17) is 0 Å². The van der Waals surface area contributed by atoms with Gasteiger partial charge in [0.25, 0.3) is 0 Å². The van der Waals surface area contributed by atoms with Crippen molar-refractivity contribution in [2.24, 2.45) is 0 Å². The summed E-state index contributed by atoms with van der Waals surface area (Å²) in [6, 6.07) is 3.91. The van der Waals surface area contributed by atoms with E-state index in [-0.39, 0.29) is 6.03 Å². The van der Waals surface area contributed by atoms with Crippen molar-refractivity contribution in [1.82, 2.24) is 20.5 Å². The van der Waals surface area contributed by atoms with Crippen LogP contribution in [0.4, 0.5) is 10.6 Å². The molecule has 1 aliphatic rings. The highest BCUT2D eigenvalue weighted by Gasteiger charge is 2.15. The minimum atomic E-state index is -0.105. The molecule has 0 atom stereocenters. The maximum Gasteiger partial charge on any atom is 0.315 e. The summed E-state index contributed by atoms with van der Waals surface area (Å²) in [6.45, 7) is 7.48. The first kappa shape index (κ1) is 16.5. The SMILES string of the molecule is CCCCNC(=O)NCc1ccnc(N2CCN(C)CC2)c1. The topological polar surface area (TPSA) is 60.5 Å². The second kappa shape index (κ2) is 8.58. The Labute approximate surface area is 132 Å². The Morgan fingerprint density at radius 3 is 2.77 bits per heavy atom. The predicted molar refractivity (Wildman–Crippen MR) is 89.1 cm³/mol. The van der Waals surface area contributed by atoms with Gasteiger partial charge in [0.05, 0.1) is 0 Å². The highest BCUT2D eigenvalue weighted by atomic mass is 16.2. The molecule has 2 N–H and O–H groups in total. The molecule has 1 fully saturated rings. The molecule has 0 unspecified atom stereocenters. The summed E-state index contributed by atoms with van der Waals surface area (Å²) < 4.78 is 0. The molecule has 1 aromatic heterocycles. The van der Waals surface area contributed by atoms with Gasteiger partial charge in [-0.1, -0.05) is 13.3 Å². The third kappa shape index (κ3) is 5.18. The van der Waals surface area contributed by atoms with Crippen molar-refractivity contribution in [1.29, 1.82) is 0 Å². The fourth-order valence-corrected chi connectivity index (χ4v) is 2.40. The fourth-order valence-electron chi connectivity index (χ4n) is 2.40. The number of piperazine rings is 1. The van der Waals surface area contributed by atoms with Gasteiger partial charge in [-0.05, 0) is 31.2 Å². The molecule has 122 valence electrons. The molecule has 2 rings (SSSR count). The average molecular weight is 305 g/mol. The first-order valence-electron chi connectivity index (χ1n) is 8.09. The van der Waals surface area contributed by atoms with Gasteiger partial charge in [0, 0.05) is 45.5 Å². The van der Waals surface area contributed by atoms with Crippen LogP contribution in [0.3, 0.4) is 0 Å². The number of carbonyl (C=O) groups is 1. The average Bonchev–Trinajstić information content (AvgIpc) is 2.54. The summed E-state index contributed by atoms with van der Waals surface area (Å²) in [4.78, 5) is 20.7. The molecule has 22 heavy (non-hydrogen) atoms. The predicted octanol–water partition coefficient (Wildman–Crippen LogP) is 1.43. The second-order valence-electron chi connectivity index (χ2n) is 5.78. The van der Waals surface area contributed by atoms with Gasteiger partial charge in [-0.25, -0.2) is 9.78 Å². The lowest BCUT2D eigenvalue weighted by atomic mass is 10.2. The van der Waals surface area contributed by atoms with Crippen molar-refractivity contribution >= 4 is 11.8 Å². The summed E-state index contributed by atoms with van der Waals surface area (Å²) in [5, 5.41) is 5.75. The van der Waals surface area contributed by atoms with E-state index in [1.807, 2.05) is 12.3 Å². The van der Waals surface area contributed by atoms with Crippen LogP contribution < -0.4 is 15.5 Å². The van der Waals surface area contributed by atoms with Crippen LogP contribution in [0.15, 0.2) is 18.3 Å². The summed E-state index contributed by atoms with van der Waals surface area (Å²) in [6.07, 6.45) is 3.91. The maximum absolute atomic E-state index is 11.7. The lowest BCUT2D eigenvalue weighted by molar-refractivity contribution is 0.240. The zero-order valence-corrected chi connectivity index (χ0v) is 13.6. The number of aromatic nitrogens is 1. The molecule has 1 saturated heterocycles. The van der Waals surface area contributed by atoms with Crippen LogP contribution in [0.1, 0.15) is 25.3 Å². The monoisotopic (exact) mass is 305 g/mol. The molecule has 6 heteroatoms. The summed E-state index contributed by atoms with van der Waals surface area (Å²) in [7, 11) is 2.14. The Hall–Kier alpha value is -1.82. The Morgan fingerprint density at radius 1 is 1.27 bits per heavy atom. The van der Waals surface area contributed by atoms with Gasteiger partial charge in [-0.3, -0.25) is 0 Å². The van der Waals surface area contributed by atoms with E-state index in [0.29, 0.717) is 6.54 Å². The van der Waals surface area contributed by atoms with E-state index in [2.05, 4.69) is 45.5 Å². The number of amides is 2. The lowest BCUT2D eigenvalue weighted by Crippen LogP contribution is -2.44. The number of likely N-dealkylation sites (N-methyl/N-ethyl adjacent to an activating group) is 1. The van der Waals surface area contributed by atoms with Crippen molar-refractivity contribution < 1.29 is 4.79 Å². The fraction of sp³-hybridized carbons (Fsp3) is 0.625. The van der Waals surface area contributed by atoms with E-state index in [9.17, 15) is 4.79 Å². The Morgan fingerprint density at radius 2 is 2.05 bits per heavy atom. The van der Waals surface area contributed by atoms with E-state index >= 15 is 0 Å². The van der Waals surface area contributed by atoms with Gasteiger partial charge in [0.15, 0.2) is 0 Å². The van der Waals surface area contributed by atoms with Gasteiger partial charge in [-0.2, -0.15) is 0 Å². The zero-order chi connectivity index (χ0) is 15.8. The van der Waals surface area contributed by atoms with Crippen molar-refractivity contribution in [2.45, 2.75) is 26.3 Å². The number of nitrogens with one attached hydrogen (secondary N) is 2. The molecule has 0 radical (unpaired) electrons. The maximum atomic E-state index is 11.7. The molecule has 0 bridgehead atoms. The number of hydrogen-bond acceptors (Lipinski definition) is 4. The lowest BCUT2D eigenvalue weighted by Gasteiger charge is -2.33. The molecule has 0 saturated carbocycles. The van der Waals surface area contributed by atoms with E-state index in [1.54, 1.807) is 0 Å². The molecular formula is C16H27N5O. The van der Waals surface area contributed by atoms with E-state index in [0.717, 1.165) is 56.9 Å². The number of anilines is 1. The van der Waals surface area contributed by atoms with Crippen LogP contribution in [0.5, 0.6) is 0 Å². The summed E-state index contributed by atoms with van der Waals surface area (Å²) in [5.41, 5.74) is 1.08. The van der Waals surface area contributed by atoms with Crippen LogP contribution in [-0.4, -0.2) is 55.7 Å². The largest absolute Gasteiger partial charge is 0.354 e. The summed E-state index contributed by atoms with van der Waals surface area (Å²) in [5.74, 6) is 0.999. The van der Waals surface area contributed by atoms with Gasteiger partial charge in [0.2, 0.25) is 0 Å². The van der Waals surface area contributed by atoms with Crippen LogP contribution in [0, 0.1) is 0 Å². The van der Waals surface area contributed by atoms with Gasteiger partial charge in [0.1, 0.15) is 5.82 Å². The van der Waals surface area contributed by atoms with Gasteiger partial charge in [-0.15, -0.1) is 0 Å². The van der Waals surface area contributed by atoms with Crippen LogP contribution >= 0.6 is 0 Å². The Kier molecular flexibility index (Phi) is 6.45. The number of rotatable bonds is 6. The second-order valence-corrected chi connectivity index (χ2v) is 5.78. The highest BCUT2D eigenvalue weighted by molar-refractivity contribution is 5.73. The van der Waals surface area contributed by atoms with Crippen LogP contribution in [-0.2, 0) is 6.54 Å². The molecule has 0 aliphatic carbocycles. The first-order chi connectivity index (χ1) is 10.7. The minimum Gasteiger partial charge on any atom is -0.354 e. The van der Waals surface area contributed by atoms with Gasteiger partial charge < -0.3 is 20.4 Å². The number of pyridine rings is 1. The van der Waals surface area contributed by atoms with Gasteiger partial charge >= 0.3 is 6.03 Å². The zero-order valence-electron chi connectivity index (χ0n) is 13.6. The minimum absolute atomic E-state index is 0.105. The standard InChI is InChI=1S/C16H27N5O/c1-3-4-6-18-16(22)19-13-14-5-7-17-15(12-14)21-10-8-20(2)9-11-21/h5,7,12H,3-4,6,8-11,13H2,1-2H3,(H2,18,19,22). The third-order valence-electron chi connectivity index (χ3n) is 3.91. The third-order valence-corrected chi connectivity index (χ3v) is 3.91. The number of unbranched alkanes of at least 4 members (excludes halogenated alkanes) is 1. The summed E-state index contributed by atoms with van der Waals surface area (Å²) >= 11 is 0. The molecule has 1 aromatic rings. The normalized spacial score (nSPS) is 15.6. The number of urea groups is 1.